The van der Waals surface area contributed by atoms with Crippen molar-refractivity contribution in [3.8, 4) is 0 Å². The molecule has 0 aliphatic carbocycles. The third-order valence-corrected chi connectivity index (χ3v) is 3.83. The summed E-state index contributed by atoms with van der Waals surface area (Å²) in [5.74, 6) is -0.451. The van der Waals surface area contributed by atoms with E-state index in [1.54, 1.807) is 0 Å². The summed E-state index contributed by atoms with van der Waals surface area (Å²) in [4.78, 5) is 0. The molecule has 0 saturated carbocycles. The lowest BCUT2D eigenvalue weighted by Gasteiger charge is -2.22. The van der Waals surface area contributed by atoms with Crippen LogP contribution in [-0.4, -0.2) is 18.2 Å². The van der Waals surface area contributed by atoms with E-state index in [0.29, 0.717) is 17.5 Å². The molecule has 3 rings (SSSR count). The number of fused-ring (bicyclic) bond motifs is 2. The van der Waals surface area contributed by atoms with Crippen LogP contribution in [0.4, 0.5) is 15.8 Å². The molecule has 17 heavy (non-hydrogen) atoms. The minimum absolute atomic E-state index is 0.0530. The zero-order valence-corrected chi connectivity index (χ0v) is 10.0. The van der Waals surface area contributed by atoms with Crippen molar-refractivity contribution >= 4 is 23.0 Å². The summed E-state index contributed by atoms with van der Waals surface area (Å²) in [6.45, 7) is 0. The third-order valence-electron chi connectivity index (χ3n) is 3.54. The largest absolute Gasteiger partial charge is 0.397 e. The zero-order chi connectivity index (χ0) is 12.0. The van der Waals surface area contributed by atoms with Crippen LogP contribution in [-0.2, 0) is 4.74 Å². The van der Waals surface area contributed by atoms with Crippen molar-refractivity contribution in [1.82, 2.24) is 0 Å². The van der Waals surface area contributed by atoms with Gasteiger partial charge in [-0.1, -0.05) is 11.6 Å². The van der Waals surface area contributed by atoms with E-state index in [1.807, 2.05) is 0 Å². The Balaban J connectivity index is 1.79. The van der Waals surface area contributed by atoms with Gasteiger partial charge in [0, 0.05) is 6.07 Å². The number of nitrogens with one attached hydrogen (secondary N) is 1. The molecule has 2 aliphatic rings. The van der Waals surface area contributed by atoms with E-state index >= 15 is 0 Å². The van der Waals surface area contributed by atoms with E-state index in [4.69, 9.17) is 22.1 Å². The Morgan fingerprint density at radius 1 is 1.41 bits per heavy atom. The van der Waals surface area contributed by atoms with Crippen molar-refractivity contribution < 1.29 is 9.13 Å². The summed E-state index contributed by atoms with van der Waals surface area (Å²) >= 11 is 5.66. The summed E-state index contributed by atoms with van der Waals surface area (Å²) in [5, 5.41) is 3.31. The highest BCUT2D eigenvalue weighted by Gasteiger charge is 2.40. The summed E-state index contributed by atoms with van der Waals surface area (Å²) in [6, 6.07) is 3.02. The number of nitrogens with two attached hydrogens (primary N) is 1. The number of ether oxygens (including phenoxy) is 1. The fourth-order valence-electron chi connectivity index (χ4n) is 2.68. The van der Waals surface area contributed by atoms with E-state index in [0.717, 1.165) is 19.3 Å². The first kappa shape index (κ1) is 11.1. The van der Waals surface area contributed by atoms with Crippen molar-refractivity contribution in [2.45, 2.75) is 37.5 Å². The van der Waals surface area contributed by atoms with Crippen LogP contribution in [0.1, 0.15) is 19.3 Å². The number of hydrogen-bond donors (Lipinski definition) is 2. The topological polar surface area (TPSA) is 47.3 Å². The maximum absolute atomic E-state index is 13.4. The molecular weight excluding hydrogens is 243 g/mol. The molecule has 3 nitrogen and oxygen atoms in total. The lowest BCUT2D eigenvalue weighted by molar-refractivity contribution is 0.102. The first-order valence-electron chi connectivity index (χ1n) is 5.80. The van der Waals surface area contributed by atoms with Crippen LogP contribution in [0.2, 0.25) is 5.02 Å². The molecule has 1 aromatic carbocycles. The number of rotatable bonds is 2. The average Bonchev–Trinajstić information content (AvgIpc) is 2.87. The number of halogens is 2. The monoisotopic (exact) mass is 256 g/mol. The van der Waals surface area contributed by atoms with Crippen molar-refractivity contribution in [3.05, 3.63) is 23.0 Å². The summed E-state index contributed by atoms with van der Waals surface area (Å²) in [5.41, 5.74) is 6.89. The minimum atomic E-state index is -0.451. The van der Waals surface area contributed by atoms with Crippen LogP contribution in [0.25, 0.3) is 0 Å². The Kier molecular flexibility index (Phi) is 2.64. The minimum Gasteiger partial charge on any atom is -0.397 e. The molecular formula is C12H14ClFN2O. The lowest BCUT2D eigenvalue weighted by Crippen LogP contribution is -2.30. The van der Waals surface area contributed by atoms with Gasteiger partial charge in [0.05, 0.1) is 34.6 Å². The molecule has 0 amide bonds. The van der Waals surface area contributed by atoms with Crippen molar-refractivity contribution in [2.24, 2.45) is 0 Å². The van der Waals surface area contributed by atoms with Gasteiger partial charge in [0.2, 0.25) is 0 Å². The van der Waals surface area contributed by atoms with Gasteiger partial charge >= 0.3 is 0 Å². The Bertz CT molecular complexity index is 454. The van der Waals surface area contributed by atoms with Gasteiger partial charge in [-0.2, -0.15) is 0 Å². The molecule has 0 aromatic heterocycles. The van der Waals surface area contributed by atoms with Gasteiger partial charge in [-0.25, -0.2) is 4.39 Å². The Morgan fingerprint density at radius 3 is 2.88 bits per heavy atom. The van der Waals surface area contributed by atoms with Gasteiger partial charge in [-0.15, -0.1) is 0 Å². The molecule has 0 radical (unpaired) electrons. The number of hydrogen-bond acceptors (Lipinski definition) is 3. The van der Waals surface area contributed by atoms with E-state index in [2.05, 4.69) is 5.32 Å². The van der Waals surface area contributed by atoms with Crippen LogP contribution in [0.15, 0.2) is 12.1 Å². The van der Waals surface area contributed by atoms with E-state index in [1.165, 1.54) is 12.1 Å². The van der Waals surface area contributed by atoms with Gasteiger partial charge in [-0.3, -0.25) is 0 Å². The fourth-order valence-corrected chi connectivity index (χ4v) is 2.85. The maximum atomic E-state index is 13.4. The molecule has 2 aliphatic heterocycles. The van der Waals surface area contributed by atoms with Crippen LogP contribution in [0.3, 0.4) is 0 Å². The number of benzene rings is 1. The standard InChI is InChI=1S/C12H14ClFN2O/c13-7-4-9(15)10(5-8(7)14)16-11-3-6-1-2-12(11)17-6/h4-6,11-12,16H,1-3,15H2. The highest BCUT2D eigenvalue weighted by atomic mass is 35.5. The Hall–Kier alpha value is -1.00. The summed E-state index contributed by atoms with van der Waals surface area (Å²) in [7, 11) is 0. The SMILES string of the molecule is Nc1cc(Cl)c(F)cc1NC1CC2CCC1O2. The summed E-state index contributed by atoms with van der Waals surface area (Å²) in [6.07, 6.45) is 3.76. The highest BCUT2D eigenvalue weighted by Crippen LogP contribution is 2.37. The predicted octanol–water partition coefficient (Wildman–Crippen LogP) is 2.79. The van der Waals surface area contributed by atoms with Crippen molar-refractivity contribution in [1.29, 1.82) is 0 Å². The van der Waals surface area contributed by atoms with Crippen molar-refractivity contribution in [3.63, 3.8) is 0 Å². The first-order valence-corrected chi connectivity index (χ1v) is 6.18. The van der Waals surface area contributed by atoms with Crippen LogP contribution in [0.5, 0.6) is 0 Å². The average molecular weight is 257 g/mol. The molecule has 5 heteroatoms. The normalized spacial score (nSPS) is 30.8. The first-order chi connectivity index (χ1) is 8.13. The van der Waals surface area contributed by atoms with E-state index in [9.17, 15) is 4.39 Å². The fraction of sp³-hybridized carbons (Fsp3) is 0.500. The predicted molar refractivity (Wildman–Crippen MR) is 65.7 cm³/mol. The van der Waals surface area contributed by atoms with Gasteiger partial charge in [0.25, 0.3) is 0 Å². The highest BCUT2D eigenvalue weighted by molar-refractivity contribution is 6.31. The number of anilines is 2. The lowest BCUT2D eigenvalue weighted by atomic mass is 9.95. The molecule has 2 bridgehead atoms. The van der Waals surface area contributed by atoms with Gasteiger partial charge < -0.3 is 15.8 Å². The zero-order valence-electron chi connectivity index (χ0n) is 9.25. The van der Waals surface area contributed by atoms with Crippen molar-refractivity contribution in [2.75, 3.05) is 11.1 Å². The summed E-state index contributed by atoms with van der Waals surface area (Å²) < 4.78 is 19.1. The molecule has 3 unspecified atom stereocenters. The maximum Gasteiger partial charge on any atom is 0.143 e. The second kappa shape index (κ2) is 4.03. The van der Waals surface area contributed by atoms with Gasteiger partial charge in [0.1, 0.15) is 5.82 Å². The molecule has 0 spiro atoms. The van der Waals surface area contributed by atoms with Crippen LogP contribution < -0.4 is 11.1 Å². The molecule has 1 aromatic rings. The third kappa shape index (κ3) is 1.96. The second-order valence-electron chi connectivity index (χ2n) is 4.71. The van der Waals surface area contributed by atoms with Crippen LogP contribution in [0, 0.1) is 5.82 Å². The smallest absolute Gasteiger partial charge is 0.143 e. The molecule has 2 saturated heterocycles. The molecule has 3 N–H and O–H groups in total. The van der Waals surface area contributed by atoms with Crippen LogP contribution >= 0.6 is 11.6 Å². The van der Waals surface area contributed by atoms with E-state index < -0.39 is 5.82 Å². The number of nitrogen functional groups attached to an aromatic ring is 1. The molecule has 2 fully saturated rings. The molecule has 2 heterocycles. The molecule has 92 valence electrons. The van der Waals surface area contributed by atoms with E-state index in [-0.39, 0.29) is 17.2 Å². The second-order valence-corrected chi connectivity index (χ2v) is 5.12. The molecule has 3 atom stereocenters. The quantitative estimate of drug-likeness (QED) is 0.800. The van der Waals surface area contributed by atoms with Gasteiger partial charge in [0.15, 0.2) is 0 Å². The Morgan fingerprint density at radius 2 is 2.24 bits per heavy atom. The van der Waals surface area contributed by atoms with Gasteiger partial charge in [-0.05, 0) is 25.3 Å². The Labute approximate surface area is 104 Å².